The largest absolute Gasteiger partial charge is 0.383 e. The molecule has 1 atom stereocenters. The van der Waals surface area contributed by atoms with Crippen molar-refractivity contribution < 1.29 is 9.53 Å². The van der Waals surface area contributed by atoms with E-state index in [1.165, 1.54) is 0 Å². The van der Waals surface area contributed by atoms with E-state index in [4.69, 9.17) is 39.5 Å². The molecule has 0 aliphatic heterocycles. The maximum Gasteiger partial charge on any atom is 0.254 e. The van der Waals surface area contributed by atoms with Crippen molar-refractivity contribution in [1.82, 2.24) is 5.32 Å². The van der Waals surface area contributed by atoms with Gasteiger partial charge in [-0.3, -0.25) is 4.79 Å². The maximum atomic E-state index is 11.9. The number of carbonyl (C=O) groups is 1. The summed E-state index contributed by atoms with van der Waals surface area (Å²) >= 11 is 17.8. The number of ether oxygens (including phenoxy) is 1. The van der Waals surface area contributed by atoms with Crippen LogP contribution in [-0.2, 0) is 4.74 Å². The van der Waals surface area contributed by atoms with Crippen LogP contribution < -0.4 is 5.32 Å². The summed E-state index contributed by atoms with van der Waals surface area (Å²) in [5.74, 6) is -0.299. The van der Waals surface area contributed by atoms with Gasteiger partial charge in [-0.2, -0.15) is 0 Å². The molecule has 0 aliphatic carbocycles. The minimum absolute atomic E-state index is 0.128. The van der Waals surface area contributed by atoms with Crippen LogP contribution >= 0.6 is 34.8 Å². The number of rotatable bonds is 6. The zero-order valence-corrected chi connectivity index (χ0v) is 12.1. The Morgan fingerprint density at radius 1 is 1.39 bits per heavy atom. The Hall–Kier alpha value is -0.480. The number of methoxy groups -OCH3 is 1. The molecule has 0 aliphatic rings. The minimum Gasteiger partial charge on any atom is -0.383 e. The number of amides is 1. The molecule has 0 heterocycles. The van der Waals surface area contributed by atoms with Gasteiger partial charge in [0.2, 0.25) is 0 Å². The van der Waals surface area contributed by atoms with Crippen LogP contribution in [0.3, 0.4) is 0 Å². The van der Waals surface area contributed by atoms with Crippen LogP contribution in [-0.4, -0.2) is 31.5 Å². The Labute approximate surface area is 121 Å². The van der Waals surface area contributed by atoms with Crippen molar-refractivity contribution in [3.63, 3.8) is 0 Å². The van der Waals surface area contributed by atoms with Crippen LogP contribution in [0.15, 0.2) is 18.2 Å². The molecule has 6 heteroatoms. The third kappa shape index (κ3) is 4.65. The van der Waals surface area contributed by atoms with Crippen molar-refractivity contribution in [3.8, 4) is 0 Å². The van der Waals surface area contributed by atoms with E-state index in [1.54, 1.807) is 25.3 Å². The van der Waals surface area contributed by atoms with E-state index in [9.17, 15) is 4.79 Å². The lowest BCUT2D eigenvalue weighted by Gasteiger charge is -2.10. The predicted molar refractivity (Wildman–Crippen MR) is 74.9 cm³/mol. The molecule has 100 valence electrons. The lowest BCUT2D eigenvalue weighted by Crippen LogP contribution is -2.27. The third-order valence-electron chi connectivity index (χ3n) is 2.28. The zero-order chi connectivity index (χ0) is 13.5. The number of hydrogen-bond donors (Lipinski definition) is 1. The summed E-state index contributed by atoms with van der Waals surface area (Å²) in [4.78, 5) is 11.9. The van der Waals surface area contributed by atoms with Gasteiger partial charge in [-0.15, -0.1) is 11.6 Å². The molecule has 1 N–H and O–H groups in total. The van der Waals surface area contributed by atoms with Gasteiger partial charge in [-0.05, 0) is 18.6 Å². The number of nitrogens with one attached hydrogen (secondary N) is 1. The van der Waals surface area contributed by atoms with Crippen LogP contribution in [0, 0.1) is 0 Å². The van der Waals surface area contributed by atoms with Crippen molar-refractivity contribution in [2.45, 2.75) is 11.8 Å². The van der Waals surface area contributed by atoms with E-state index in [-0.39, 0.29) is 11.3 Å². The number of carbonyl (C=O) groups excluding carboxylic acids is 1. The summed E-state index contributed by atoms with van der Waals surface area (Å²) in [6, 6.07) is 4.93. The Bertz CT molecular complexity index is 392. The fraction of sp³-hybridized carbons (Fsp3) is 0.417. The van der Waals surface area contributed by atoms with Crippen molar-refractivity contribution in [3.05, 3.63) is 33.8 Å². The average Bonchev–Trinajstić information content (AvgIpc) is 2.29. The van der Waals surface area contributed by atoms with Gasteiger partial charge >= 0.3 is 0 Å². The number of alkyl halides is 1. The Kier molecular flexibility index (Phi) is 6.79. The van der Waals surface area contributed by atoms with Crippen LogP contribution in [0.1, 0.15) is 16.8 Å². The molecule has 1 unspecified atom stereocenters. The monoisotopic (exact) mass is 309 g/mol. The van der Waals surface area contributed by atoms with Gasteiger partial charge in [0, 0.05) is 13.7 Å². The smallest absolute Gasteiger partial charge is 0.254 e. The Morgan fingerprint density at radius 2 is 2.00 bits per heavy atom. The molecule has 0 aromatic heterocycles. The number of hydrogen-bond acceptors (Lipinski definition) is 2. The zero-order valence-electron chi connectivity index (χ0n) is 9.88. The highest BCUT2D eigenvalue weighted by Crippen LogP contribution is 2.23. The molecule has 0 bridgehead atoms. The maximum absolute atomic E-state index is 11.9. The highest BCUT2D eigenvalue weighted by molar-refractivity contribution is 6.39. The van der Waals surface area contributed by atoms with Gasteiger partial charge in [0.1, 0.15) is 0 Å². The molecule has 18 heavy (non-hydrogen) atoms. The first-order chi connectivity index (χ1) is 8.56. The quantitative estimate of drug-likeness (QED) is 0.818. The summed E-state index contributed by atoms with van der Waals surface area (Å²) in [5.41, 5.74) is 0.290. The molecule has 0 fully saturated rings. The molecule has 0 saturated heterocycles. The lowest BCUT2D eigenvalue weighted by molar-refractivity contribution is 0.0952. The topological polar surface area (TPSA) is 38.3 Å². The van der Waals surface area contributed by atoms with E-state index in [0.717, 1.165) is 0 Å². The molecule has 1 amide bonds. The summed E-state index contributed by atoms with van der Waals surface area (Å²) < 4.78 is 4.90. The standard InChI is InChI=1S/C12H14Cl3NO2/c1-18-7-8(13)5-6-16-12(17)11-9(14)3-2-4-10(11)15/h2-4,8H,5-7H2,1H3,(H,16,17). The Morgan fingerprint density at radius 3 is 2.56 bits per heavy atom. The van der Waals surface area contributed by atoms with E-state index >= 15 is 0 Å². The Balaban J connectivity index is 2.51. The molecule has 1 aromatic rings. The van der Waals surface area contributed by atoms with Gasteiger partial charge in [-0.25, -0.2) is 0 Å². The van der Waals surface area contributed by atoms with Crippen molar-refractivity contribution in [2.75, 3.05) is 20.3 Å². The van der Waals surface area contributed by atoms with E-state index in [2.05, 4.69) is 5.32 Å². The molecule has 0 radical (unpaired) electrons. The van der Waals surface area contributed by atoms with E-state index in [1.807, 2.05) is 0 Å². The molecule has 1 aromatic carbocycles. The van der Waals surface area contributed by atoms with Crippen molar-refractivity contribution in [2.24, 2.45) is 0 Å². The van der Waals surface area contributed by atoms with E-state index in [0.29, 0.717) is 35.2 Å². The molecular formula is C12H14Cl3NO2. The first kappa shape index (κ1) is 15.6. The fourth-order valence-corrected chi connectivity index (χ4v) is 2.21. The van der Waals surface area contributed by atoms with Gasteiger partial charge in [0.25, 0.3) is 5.91 Å². The second-order valence-corrected chi connectivity index (χ2v) is 5.13. The summed E-state index contributed by atoms with van der Waals surface area (Å²) in [5, 5.41) is 3.26. The first-order valence-corrected chi connectivity index (χ1v) is 6.60. The van der Waals surface area contributed by atoms with Gasteiger partial charge in [0.15, 0.2) is 0 Å². The van der Waals surface area contributed by atoms with Crippen molar-refractivity contribution in [1.29, 1.82) is 0 Å². The first-order valence-electron chi connectivity index (χ1n) is 5.41. The third-order valence-corrected chi connectivity index (χ3v) is 3.25. The second kappa shape index (κ2) is 7.85. The molecule has 3 nitrogen and oxygen atoms in total. The second-order valence-electron chi connectivity index (χ2n) is 3.69. The summed E-state index contributed by atoms with van der Waals surface area (Å²) in [6.07, 6.45) is 0.614. The van der Waals surface area contributed by atoms with Crippen molar-refractivity contribution >= 4 is 40.7 Å². The fourth-order valence-electron chi connectivity index (χ4n) is 1.41. The predicted octanol–water partition coefficient (Wildman–Crippen LogP) is 3.37. The highest BCUT2D eigenvalue weighted by atomic mass is 35.5. The lowest BCUT2D eigenvalue weighted by atomic mass is 10.2. The summed E-state index contributed by atoms with van der Waals surface area (Å²) in [7, 11) is 1.58. The molecule has 0 saturated carbocycles. The van der Waals surface area contributed by atoms with Gasteiger partial charge in [-0.1, -0.05) is 29.3 Å². The van der Waals surface area contributed by atoms with Gasteiger partial charge < -0.3 is 10.1 Å². The highest BCUT2D eigenvalue weighted by Gasteiger charge is 2.14. The SMILES string of the molecule is COCC(Cl)CCNC(=O)c1c(Cl)cccc1Cl. The van der Waals surface area contributed by atoms with Crippen LogP contribution in [0.4, 0.5) is 0 Å². The number of benzene rings is 1. The normalized spacial score (nSPS) is 12.2. The minimum atomic E-state index is -0.299. The molecule has 1 rings (SSSR count). The van der Waals surface area contributed by atoms with E-state index < -0.39 is 0 Å². The van der Waals surface area contributed by atoms with Gasteiger partial charge in [0.05, 0.1) is 27.6 Å². The molecular weight excluding hydrogens is 296 g/mol. The summed E-state index contributed by atoms with van der Waals surface area (Å²) in [6.45, 7) is 0.891. The number of halogens is 3. The van der Waals surface area contributed by atoms with Crippen LogP contribution in [0.5, 0.6) is 0 Å². The van der Waals surface area contributed by atoms with Crippen LogP contribution in [0.2, 0.25) is 10.0 Å². The average molecular weight is 311 g/mol. The van der Waals surface area contributed by atoms with Crippen LogP contribution in [0.25, 0.3) is 0 Å². The molecule has 0 spiro atoms.